The SMILES string of the molecule is CCC(C)N/C(=N\C)NC. The summed E-state index contributed by atoms with van der Waals surface area (Å²) in [6.07, 6.45) is 1.11. The minimum atomic E-state index is 0.492. The first-order chi connectivity index (χ1) is 4.74. The Bertz CT molecular complexity index is 109. The molecule has 0 aliphatic heterocycles. The van der Waals surface area contributed by atoms with Crippen LogP contribution in [0.4, 0.5) is 0 Å². The van der Waals surface area contributed by atoms with Crippen LogP contribution in [-0.4, -0.2) is 26.1 Å². The lowest BCUT2D eigenvalue weighted by Gasteiger charge is -2.13. The molecule has 60 valence electrons. The molecule has 1 atom stereocenters. The normalized spacial score (nSPS) is 14.6. The van der Waals surface area contributed by atoms with Crippen molar-refractivity contribution < 1.29 is 0 Å². The summed E-state index contributed by atoms with van der Waals surface area (Å²) in [5.41, 5.74) is 0. The van der Waals surface area contributed by atoms with E-state index in [1.807, 2.05) is 7.05 Å². The van der Waals surface area contributed by atoms with Crippen LogP contribution in [0.25, 0.3) is 0 Å². The first-order valence-electron chi connectivity index (χ1n) is 3.65. The molecule has 0 saturated carbocycles. The van der Waals surface area contributed by atoms with Crippen molar-refractivity contribution in [2.75, 3.05) is 14.1 Å². The van der Waals surface area contributed by atoms with Gasteiger partial charge in [-0.15, -0.1) is 0 Å². The summed E-state index contributed by atoms with van der Waals surface area (Å²) in [6.45, 7) is 4.27. The van der Waals surface area contributed by atoms with Crippen LogP contribution in [0.3, 0.4) is 0 Å². The van der Waals surface area contributed by atoms with E-state index in [1.165, 1.54) is 0 Å². The zero-order valence-electron chi connectivity index (χ0n) is 7.23. The molecule has 0 aliphatic carbocycles. The highest BCUT2D eigenvalue weighted by Gasteiger charge is 1.98. The average molecular weight is 143 g/mol. The lowest BCUT2D eigenvalue weighted by atomic mass is 10.3. The van der Waals surface area contributed by atoms with Crippen LogP contribution in [0.1, 0.15) is 20.3 Å². The van der Waals surface area contributed by atoms with Crippen LogP contribution in [0, 0.1) is 0 Å². The molecule has 0 heterocycles. The molecular formula is C7H17N3. The Kier molecular flexibility index (Phi) is 4.72. The van der Waals surface area contributed by atoms with Crippen LogP contribution < -0.4 is 10.6 Å². The topological polar surface area (TPSA) is 36.4 Å². The quantitative estimate of drug-likeness (QED) is 0.438. The molecule has 3 heteroatoms. The Hall–Kier alpha value is -0.730. The Labute approximate surface area is 62.9 Å². The highest BCUT2D eigenvalue weighted by Crippen LogP contribution is 1.85. The molecule has 0 aromatic carbocycles. The van der Waals surface area contributed by atoms with E-state index in [-0.39, 0.29) is 0 Å². The van der Waals surface area contributed by atoms with Gasteiger partial charge in [-0.25, -0.2) is 0 Å². The summed E-state index contributed by atoms with van der Waals surface area (Å²) in [6, 6.07) is 0.492. The highest BCUT2D eigenvalue weighted by molar-refractivity contribution is 5.79. The van der Waals surface area contributed by atoms with Gasteiger partial charge in [0.15, 0.2) is 5.96 Å². The number of hydrogen-bond donors (Lipinski definition) is 2. The van der Waals surface area contributed by atoms with Crippen molar-refractivity contribution in [1.82, 2.24) is 10.6 Å². The Morgan fingerprint density at radius 2 is 2.20 bits per heavy atom. The van der Waals surface area contributed by atoms with E-state index in [9.17, 15) is 0 Å². The summed E-state index contributed by atoms with van der Waals surface area (Å²) in [5.74, 6) is 0.856. The minimum Gasteiger partial charge on any atom is -0.359 e. The third kappa shape index (κ3) is 3.33. The first-order valence-corrected chi connectivity index (χ1v) is 3.65. The molecule has 0 aliphatic rings. The van der Waals surface area contributed by atoms with Gasteiger partial charge in [0.25, 0.3) is 0 Å². The number of nitrogens with one attached hydrogen (secondary N) is 2. The van der Waals surface area contributed by atoms with Crippen LogP contribution in [-0.2, 0) is 0 Å². The lowest BCUT2D eigenvalue weighted by molar-refractivity contribution is 0.631. The number of rotatable bonds is 2. The van der Waals surface area contributed by atoms with E-state index < -0.39 is 0 Å². The van der Waals surface area contributed by atoms with Gasteiger partial charge >= 0.3 is 0 Å². The standard InChI is InChI=1S/C7H17N3/c1-5-6(2)10-7(8-3)9-4/h6H,5H2,1-4H3,(H2,8,9,10). The van der Waals surface area contributed by atoms with Gasteiger partial charge in [0.2, 0.25) is 0 Å². The predicted molar refractivity (Wildman–Crippen MR) is 45.3 cm³/mol. The number of guanidine groups is 1. The molecule has 3 nitrogen and oxygen atoms in total. The first kappa shape index (κ1) is 9.27. The fourth-order valence-corrected chi connectivity index (χ4v) is 0.584. The van der Waals surface area contributed by atoms with Gasteiger partial charge < -0.3 is 10.6 Å². The van der Waals surface area contributed by atoms with E-state index >= 15 is 0 Å². The fourth-order valence-electron chi connectivity index (χ4n) is 0.584. The van der Waals surface area contributed by atoms with E-state index in [0.29, 0.717) is 6.04 Å². The second-order valence-corrected chi connectivity index (χ2v) is 2.28. The van der Waals surface area contributed by atoms with Gasteiger partial charge in [0, 0.05) is 20.1 Å². The second-order valence-electron chi connectivity index (χ2n) is 2.28. The molecular weight excluding hydrogens is 126 g/mol. The maximum atomic E-state index is 3.99. The van der Waals surface area contributed by atoms with Gasteiger partial charge in [-0.3, -0.25) is 4.99 Å². The average Bonchev–Trinajstić information content (AvgIpc) is 1.99. The summed E-state index contributed by atoms with van der Waals surface area (Å²) in [7, 11) is 3.62. The Morgan fingerprint density at radius 3 is 2.50 bits per heavy atom. The highest BCUT2D eigenvalue weighted by atomic mass is 15.2. The van der Waals surface area contributed by atoms with Crippen LogP contribution in [0.15, 0.2) is 4.99 Å². The van der Waals surface area contributed by atoms with Crippen LogP contribution in [0.2, 0.25) is 0 Å². The fraction of sp³-hybridized carbons (Fsp3) is 0.857. The minimum absolute atomic E-state index is 0.492. The maximum absolute atomic E-state index is 3.99. The van der Waals surface area contributed by atoms with Crippen molar-refractivity contribution in [1.29, 1.82) is 0 Å². The van der Waals surface area contributed by atoms with Gasteiger partial charge in [-0.2, -0.15) is 0 Å². The monoisotopic (exact) mass is 143 g/mol. The lowest BCUT2D eigenvalue weighted by Crippen LogP contribution is -2.39. The molecule has 0 saturated heterocycles. The van der Waals surface area contributed by atoms with Crippen molar-refractivity contribution in [3.05, 3.63) is 0 Å². The van der Waals surface area contributed by atoms with Gasteiger partial charge in [0.05, 0.1) is 0 Å². The predicted octanol–water partition coefficient (Wildman–Crippen LogP) is 0.580. The molecule has 0 spiro atoms. The van der Waals surface area contributed by atoms with Crippen LogP contribution in [0.5, 0.6) is 0 Å². The van der Waals surface area contributed by atoms with Crippen molar-refractivity contribution in [2.45, 2.75) is 26.3 Å². The summed E-state index contributed by atoms with van der Waals surface area (Å²) >= 11 is 0. The van der Waals surface area contributed by atoms with E-state index in [4.69, 9.17) is 0 Å². The number of nitrogens with zero attached hydrogens (tertiary/aromatic N) is 1. The molecule has 0 rings (SSSR count). The summed E-state index contributed by atoms with van der Waals surface area (Å²) in [5, 5.41) is 6.16. The largest absolute Gasteiger partial charge is 0.359 e. The van der Waals surface area contributed by atoms with Crippen molar-refractivity contribution >= 4 is 5.96 Å². The molecule has 2 N–H and O–H groups in total. The summed E-state index contributed by atoms with van der Waals surface area (Å²) in [4.78, 5) is 3.99. The molecule has 0 radical (unpaired) electrons. The van der Waals surface area contributed by atoms with Crippen molar-refractivity contribution in [3.63, 3.8) is 0 Å². The second kappa shape index (κ2) is 5.09. The number of hydrogen-bond acceptors (Lipinski definition) is 1. The van der Waals surface area contributed by atoms with Gasteiger partial charge in [-0.05, 0) is 13.3 Å². The third-order valence-electron chi connectivity index (χ3n) is 1.46. The van der Waals surface area contributed by atoms with E-state index in [2.05, 4.69) is 29.5 Å². The third-order valence-corrected chi connectivity index (χ3v) is 1.46. The van der Waals surface area contributed by atoms with Crippen molar-refractivity contribution in [2.24, 2.45) is 4.99 Å². The zero-order chi connectivity index (χ0) is 7.98. The molecule has 0 aromatic rings. The van der Waals surface area contributed by atoms with Gasteiger partial charge in [0.1, 0.15) is 0 Å². The number of aliphatic imine (C=N–C) groups is 1. The van der Waals surface area contributed by atoms with Crippen molar-refractivity contribution in [3.8, 4) is 0 Å². The molecule has 10 heavy (non-hydrogen) atoms. The smallest absolute Gasteiger partial charge is 0.190 e. The molecule has 0 fully saturated rings. The zero-order valence-corrected chi connectivity index (χ0v) is 7.23. The van der Waals surface area contributed by atoms with Crippen LogP contribution >= 0.6 is 0 Å². The van der Waals surface area contributed by atoms with E-state index in [1.54, 1.807) is 7.05 Å². The molecule has 0 aromatic heterocycles. The molecule has 0 bridgehead atoms. The van der Waals surface area contributed by atoms with E-state index in [0.717, 1.165) is 12.4 Å². The Morgan fingerprint density at radius 1 is 1.60 bits per heavy atom. The van der Waals surface area contributed by atoms with Gasteiger partial charge in [-0.1, -0.05) is 6.92 Å². The Balaban J connectivity index is 3.64. The molecule has 0 amide bonds. The maximum Gasteiger partial charge on any atom is 0.190 e. The summed E-state index contributed by atoms with van der Waals surface area (Å²) < 4.78 is 0. The molecule has 1 unspecified atom stereocenters.